The quantitative estimate of drug-likeness (QED) is 0.495. The molecule has 0 aromatic heterocycles. The molecule has 0 saturated carbocycles. The minimum atomic E-state index is -0.831. The molecule has 0 rings (SSSR count). The van der Waals surface area contributed by atoms with Gasteiger partial charge in [-0.3, -0.25) is 0 Å². The van der Waals surface area contributed by atoms with Gasteiger partial charge in [0.15, 0.2) is 0 Å². The first-order valence-electron chi connectivity index (χ1n) is 3.12. The van der Waals surface area contributed by atoms with Crippen LogP contribution in [0, 0.1) is 0 Å². The van der Waals surface area contributed by atoms with Crippen LogP contribution in [0.3, 0.4) is 0 Å². The Morgan fingerprint density at radius 2 is 2.20 bits per heavy atom. The van der Waals surface area contributed by atoms with E-state index in [1.165, 1.54) is 0 Å². The van der Waals surface area contributed by atoms with E-state index in [0.717, 1.165) is 0 Å². The fraction of sp³-hybridized carbons (Fsp3) is 0.500. The highest BCUT2D eigenvalue weighted by Gasteiger charge is 2.13. The Morgan fingerprint density at radius 3 is 2.50 bits per heavy atom. The van der Waals surface area contributed by atoms with E-state index in [9.17, 15) is 5.11 Å². The van der Waals surface area contributed by atoms with Crippen molar-refractivity contribution in [3.05, 3.63) is 24.3 Å². The molecule has 1 N–H and O–H groups in total. The predicted octanol–water partition coefficient (Wildman–Crippen LogP) is 2.11. The summed E-state index contributed by atoms with van der Waals surface area (Å²) in [7, 11) is 0. The molecule has 0 atom stereocenters. The van der Waals surface area contributed by atoms with Gasteiger partial charge >= 0.3 is 0 Å². The van der Waals surface area contributed by atoms with Crippen LogP contribution in [0.25, 0.3) is 0 Å². The molecule has 2 heteroatoms. The zero-order chi connectivity index (χ0) is 8.20. The standard InChI is InChI=1S/C8H13ClO/c1-7(5-4-6-9)8(2,3)10/h4-5,10H,1,6H2,2-3H3/b5-4-. The van der Waals surface area contributed by atoms with Gasteiger partial charge in [-0.1, -0.05) is 18.7 Å². The van der Waals surface area contributed by atoms with E-state index >= 15 is 0 Å². The maximum Gasteiger partial charge on any atom is 0.0834 e. The lowest BCUT2D eigenvalue weighted by molar-refractivity contribution is 0.124. The van der Waals surface area contributed by atoms with Crippen molar-refractivity contribution in [2.45, 2.75) is 19.4 Å². The van der Waals surface area contributed by atoms with Crippen molar-refractivity contribution < 1.29 is 5.11 Å². The van der Waals surface area contributed by atoms with Gasteiger partial charge < -0.3 is 5.11 Å². The van der Waals surface area contributed by atoms with Gasteiger partial charge in [0.05, 0.1) is 5.60 Å². The summed E-state index contributed by atoms with van der Waals surface area (Å²) < 4.78 is 0. The van der Waals surface area contributed by atoms with Gasteiger partial charge in [-0.2, -0.15) is 0 Å². The van der Waals surface area contributed by atoms with Crippen molar-refractivity contribution in [3.63, 3.8) is 0 Å². The molecule has 10 heavy (non-hydrogen) atoms. The van der Waals surface area contributed by atoms with E-state index in [2.05, 4.69) is 6.58 Å². The first-order chi connectivity index (χ1) is 4.48. The average molecular weight is 161 g/mol. The SMILES string of the molecule is C=C(/C=C\CCl)C(C)(C)O. The molecule has 0 radical (unpaired) electrons. The molecule has 58 valence electrons. The van der Waals surface area contributed by atoms with Crippen LogP contribution in [0.15, 0.2) is 24.3 Å². The molecule has 0 unspecified atom stereocenters. The summed E-state index contributed by atoms with van der Waals surface area (Å²) in [5, 5.41) is 9.32. The van der Waals surface area contributed by atoms with E-state index in [1.54, 1.807) is 26.0 Å². The van der Waals surface area contributed by atoms with Crippen molar-refractivity contribution in [2.75, 3.05) is 5.88 Å². The van der Waals surface area contributed by atoms with Gasteiger partial charge in [-0.25, -0.2) is 0 Å². The second-order valence-corrected chi connectivity index (χ2v) is 2.95. The summed E-state index contributed by atoms with van der Waals surface area (Å²) >= 11 is 5.39. The molecule has 0 aliphatic rings. The lowest BCUT2D eigenvalue weighted by Crippen LogP contribution is -2.19. The van der Waals surface area contributed by atoms with Crippen LogP contribution < -0.4 is 0 Å². The highest BCUT2D eigenvalue weighted by molar-refractivity contribution is 6.18. The van der Waals surface area contributed by atoms with Gasteiger partial charge in [-0.05, 0) is 19.4 Å². The predicted molar refractivity (Wildman–Crippen MR) is 45.3 cm³/mol. The highest BCUT2D eigenvalue weighted by Crippen LogP contribution is 2.13. The molecule has 0 fully saturated rings. The molecular weight excluding hydrogens is 148 g/mol. The highest BCUT2D eigenvalue weighted by atomic mass is 35.5. The van der Waals surface area contributed by atoms with E-state index in [4.69, 9.17) is 11.6 Å². The fourth-order valence-corrected chi connectivity index (χ4v) is 0.480. The maximum absolute atomic E-state index is 9.32. The smallest absolute Gasteiger partial charge is 0.0834 e. The molecule has 0 bridgehead atoms. The lowest BCUT2D eigenvalue weighted by atomic mass is 10.00. The molecule has 0 saturated heterocycles. The van der Waals surface area contributed by atoms with Gasteiger partial charge in [0.2, 0.25) is 0 Å². The molecule has 0 amide bonds. The molecule has 0 spiro atoms. The zero-order valence-corrected chi connectivity index (χ0v) is 7.15. The van der Waals surface area contributed by atoms with Crippen LogP contribution in [-0.4, -0.2) is 16.6 Å². The number of halogens is 1. The minimum absolute atomic E-state index is 0.453. The summed E-state index contributed by atoms with van der Waals surface area (Å²) in [6.45, 7) is 7.04. The third kappa shape index (κ3) is 3.70. The molecule has 1 nitrogen and oxygen atoms in total. The molecule has 0 aromatic rings. The number of hydrogen-bond donors (Lipinski definition) is 1. The van der Waals surface area contributed by atoms with Crippen LogP contribution >= 0.6 is 11.6 Å². The Kier molecular flexibility index (Phi) is 3.69. The van der Waals surface area contributed by atoms with Crippen molar-refractivity contribution in [1.82, 2.24) is 0 Å². The maximum atomic E-state index is 9.32. The third-order valence-electron chi connectivity index (χ3n) is 1.19. The first kappa shape index (κ1) is 9.73. The van der Waals surface area contributed by atoms with E-state index in [0.29, 0.717) is 11.5 Å². The Hall–Kier alpha value is -0.270. The largest absolute Gasteiger partial charge is 0.386 e. The second-order valence-electron chi connectivity index (χ2n) is 2.64. The molecule has 0 heterocycles. The molecule has 0 aliphatic carbocycles. The molecular formula is C8H13ClO. The van der Waals surface area contributed by atoms with E-state index in [1.807, 2.05) is 0 Å². The van der Waals surface area contributed by atoms with Crippen LogP contribution in [0.2, 0.25) is 0 Å². The van der Waals surface area contributed by atoms with E-state index in [-0.39, 0.29) is 0 Å². The Labute approximate surface area is 67.0 Å². The van der Waals surface area contributed by atoms with Crippen LogP contribution in [-0.2, 0) is 0 Å². The fourth-order valence-electron chi connectivity index (χ4n) is 0.391. The van der Waals surface area contributed by atoms with Crippen LogP contribution in [0.1, 0.15) is 13.8 Å². The average Bonchev–Trinajstić information content (AvgIpc) is 1.80. The summed E-state index contributed by atoms with van der Waals surface area (Å²) in [5.41, 5.74) is -0.157. The summed E-state index contributed by atoms with van der Waals surface area (Å²) in [5.74, 6) is 0.453. The number of rotatable bonds is 3. The van der Waals surface area contributed by atoms with Crippen molar-refractivity contribution in [2.24, 2.45) is 0 Å². The molecule has 0 aliphatic heterocycles. The minimum Gasteiger partial charge on any atom is -0.386 e. The first-order valence-corrected chi connectivity index (χ1v) is 3.66. The second kappa shape index (κ2) is 3.79. The summed E-state index contributed by atoms with van der Waals surface area (Å²) in [6.07, 6.45) is 3.48. The summed E-state index contributed by atoms with van der Waals surface area (Å²) in [6, 6.07) is 0. The Balaban J connectivity index is 3.98. The Morgan fingerprint density at radius 1 is 1.70 bits per heavy atom. The van der Waals surface area contributed by atoms with Crippen molar-refractivity contribution in [3.8, 4) is 0 Å². The Bertz CT molecular complexity index is 142. The third-order valence-corrected chi connectivity index (χ3v) is 1.37. The van der Waals surface area contributed by atoms with Crippen LogP contribution in [0.5, 0.6) is 0 Å². The lowest BCUT2D eigenvalue weighted by Gasteiger charge is -2.16. The summed E-state index contributed by atoms with van der Waals surface area (Å²) in [4.78, 5) is 0. The number of aliphatic hydroxyl groups is 1. The van der Waals surface area contributed by atoms with Gasteiger partial charge in [0.1, 0.15) is 0 Å². The van der Waals surface area contributed by atoms with Gasteiger partial charge in [0.25, 0.3) is 0 Å². The number of alkyl halides is 1. The number of hydrogen-bond acceptors (Lipinski definition) is 1. The monoisotopic (exact) mass is 160 g/mol. The normalized spacial score (nSPS) is 12.4. The van der Waals surface area contributed by atoms with Gasteiger partial charge in [0, 0.05) is 5.88 Å². The van der Waals surface area contributed by atoms with E-state index < -0.39 is 5.60 Å². The van der Waals surface area contributed by atoms with Gasteiger partial charge in [-0.15, -0.1) is 11.6 Å². The van der Waals surface area contributed by atoms with Crippen LogP contribution in [0.4, 0.5) is 0 Å². The number of allylic oxidation sites excluding steroid dienone is 1. The van der Waals surface area contributed by atoms with Crippen molar-refractivity contribution in [1.29, 1.82) is 0 Å². The molecule has 0 aromatic carbocycles. The van der Waals surface area contributed by atoms with Crippen molar-refractivity contribution >= 4 is 11.6 Å². The zero-order valence-electron chi connectivity index (χ0n) is 6.39. The topological polar surface area (TPSA) is 20.2 Å².